The molecule has 0 spiro atoms. The lowest BCUT2D eigenvalue weighted by molar-refractivity contribution is -0.193. The highest BCUT2D eigenvalue weighted by atomic mass is 19.4. The second kappa shape index (κ2) is 18.0. The Morgan fingerprint density at radius 3 is 1.73 bits per heavy atom. The number of ether oxygens (including phenoxy) is 1. The van der Waals surface area contributed by atoms with Gasteiger partial charge in [0, 0.05) is 50.9 Å². The SMILES string of the molecule is COCCN1CC2CN(Cc3cccc(C)n3)CCC2(c2ccccc2)C1.O=C(O)C(F)(F)F.O=C(O)C(F)(F)F.O=C(O)C(F)(F)F. The molecule has 0 bridgehead atoms. The summed E-state index contributed by atoms with van der Waals surface area (Å²) in [5.41, 5.74) is 4.10. The molecule has 2 aromatic rings. The summed E-state index contributed by atoms with van der Waals surface area (Å²) in [6.45, 7) is 9.48. The number of hydrogen-bond donors (Lipinski definition) is 3. The lowest BCUT2D eigenvalue weighted by Crippen LogP contribution is -2.49. The van der Waals surface area contributed by atoms with Gasteiger partial charge in [-0.1, -0.05) is 36.4 Å². The molecular formula is C29H34F9N3O7. The Labute approximate surface area is 268 Å². The largest absolute Gasteiger partial charge is 0.490 e. The molecule has 2 unspecified atom stereocenters. The number of carbonyl (C=O) groups is 3. The molecule has 2 atom stereocenters. The molecule has 3 heterocycles. The van der Waals surface area contributed by atoms with Gasteiger partial charge in [-0.2, -0.15) is 39.5 Å². The lowest BCUT2D eigenvalue weighted by Gasteiger charge is -2.44. The first-order chi connectivity index (χ1) is 22.0. The maximum absolute atomic E-state index is 10.6. The van der Waals surface area contributed by atoms with Crippen molar-refractivity contribution in [3.8, 4) is 0 Å². The molecule has 0 amide bonds. The molecule has 2 fully saturated rings. The van der Waals surface area contributed by atoms with Crippen LogP contribution in [0.1, 0.15) is 23.4 Å². The summed E-state index contributed by atoms with van der Waals surface area (Å²) >= 11 is 0. The number of aliphatic carboxylic acids is 3. The molecule has 48 heavy (non-hydrogen) atoms. The van der Waals surface area contributed by atoms with E-state index in [1.807, 2.05) is 0 Å². The first-order valence-corrected chi connectivity index (χ1v) is 13.8. The van der Waals surface area contributed by atoms with Crippen LogP contribution in [-0.2, 0) is 31.1 Å². The zero-order valence-electron chi connectivity index (χ0n) is 25.6. The average Bonchev–Trinajstić information content (AvgIpc) is 3.35. The number of methoxy groups -OCH3 is 1. The van der Waals surface area contributed by atoms with E-state index >= 15 is 0 Å². The fourth-order valence-electron chi connectivity index (χ4n) is 5.05. The average molecular weight is 708 g/mol. The number of likely N-dealkylation sites (tertiary alicyclic amines) is 2. The number of nitrogens with zero attached hydrogens (tertiary/aromatic N) is 3. The topological polar surface area (TPSA) is 140 Å². The third-order valence-electron chi connectivity index (χ3n) is 7.14. The van der Waals surface area contributed by atoms with Crippen LogP contribution in [0.5, 0.6) is 0 Å². The molecule has 1 aromatic carbocycles. The van der Waals surface area contributed by atoms with Crippen molar-refractivity contribution in [3.63, 3.8) is 0 Å². The number of fused-ring (bicyclic) bond motifs is 1. The maximum Gasteiger partial charge on any atom is 0.490 e. The highest BCUT2D eigenvalue weighted by Crippen LogP contribution is 2.45. The smallest absolute Gasteiger partial charge is 0.475 e. The molecular weight excluding hydrogens is 673 g/mol. The molecule has 10 nitrogen and oxygen atoms in total. The van der Waals surface area contributed by atoms with Crippen molar-refractivity contribution >= 4 is 17.9 Å². The number of rotatable bonds is 6. The molecule has 1 aromatic heterocycles. The number of pyridine rings is 1. The van der Waals surface area contributed by atoms with E-state index in [1.54, 1.807) is 7.11 Å². The second-order valence-electron chi connectivity index (χ2n) is 10.6. The van der Waals surface area contributed by atoms with E-state index in [1.165, 1.54) is 17.7 Å². The van der Waals surface area contributed by atoms with Crippen molar-refractivity contribution in [2.24, 2.45) is 5.92 Å². The number of aromatic nitrogens is 1. The molecule has 0 saturated carbocycles. The fourth-order valence-corrected chi connectivity index (χ4v) is 5.05. The summed E-state index contributed by atoms with van der Waals surface area (Å²) in [6, 6.07) is 17.6. The van der Waals surface area contributed by atoms with Gasteiger partial charge in [-0.3, -0.25) is 14.8 Å². The van der Waals surface area contributed by atoms with E-state index in [4.69, 9.17) is 39.4 Å². The predicted molar refractivity (Wildman–Crippen MR) is 150 cm³/mol. The molecule has 0 aliphatic carbocycles. The lowest BCUT2D eigenvalue weighted by atomic mass is 9.68. The number of carboxylic acids is 3. The summed E-state index contributed by atoms with van der Waals surface area (Å²) in [5, 5.41) is 21.4. The summed E-state index contributed by atoms with van der Waals surface area (Å²) in [6.07, 6.45) is -14.0. The molecule has 2 saturated heterocycles. The highest BCUT2D eigenvalue weighted by Gasteiger charge is 2.50. The third-order valence-corrected chi connectivity index (χ3v) is 7.14. The van der Waals surface area contributed by atoms with Gasteiger partial charge in [-0.15, -0.1) is 0 Å². The van der Waals surface area contributed by atoms with Gasteiger partial charge in [0.25, 0.3) is 0 Å². The number of carboxylic acid groups (broad SMARTS) is 3. The Kier molecular flexibility index (Phi) is 15.7. The molecule has 2 aliphatic rings. The van der Waals surface area contributed by atoms with E-state index in [0.717, 1.165) is 51.6 Å². The molecule has 270 valence electrons. The fraction of sp³-hybridized carbons (Fsp3) is 0.517. The van der Waals surface area contributed by atoms with Crippen LogP contribution >= 0.6 is 0 Å². The van der Waals surface area contributed by atoms with Crippen LogP contribution in [-0.4, -0.2) is 113 Å². The highest BCUT2D eigenvalue weighted by molar-refractivity contribution is 5.73. The van der Waals surface area contributed by atoms with E-state index in [9.17, 15) is 39.5 Å². The number of aryl methyl sites for hydroxylation is 1. The predicted octanol–water partition coefficient (Wildman–Crippen LogP) is 5.01. The molecule has 19 heteroatoms. The van der Waals surface area contributed by atoms with Crippen LogP contribution in [0.4, 0.5) is 39.5 Å². The number of halogens is 9. The molecule has 2 aliphatic heterocycles. The Balaban J connectivity index is 0.000000448. The Hall–Kier alpha value is -3.97. The van der Waals surface area contributed by atoms with Crippen LogP contribution in [0.3, 0.4) is 0 Å². The van der Waals surface area contributed by atoms with E-state index in [2.05, 4.69) is 65.3 Å². The Bertz CT molecular complexity index is 1270. The van der Waals surface area contributed by atoms with E-state index in [0.29, 0.717) is 5.92 Å². The number of hydrogen-bond acceptors (Lipinski definition) is 7. The first-order valence-electron chi connectivity index (χ1n) is 13.8. The normalized spacial score (nSPS) is 19.7. The molecule has 0 radical (unpaired) electrons. The summed E-state index contributed by atoms with van der Waals surface area (Å²) in [4.78, 5) is 36.6. The Morgan fingerprint density at radius 2 is 1.29 bits per heavy atom. The van der Waals surface area contributed by atoms with Gasteiger partial charge in [0.2, 0.25) is 0 Å². The van der Waals surface area contributed by atoms with Gasteiger partial charge in [0.15, 0.2) is 0 Å². The number of alkyl halides is 9. The number of piperidine rings is 1. The Morgan fingerprint density at radius 1 is 0.812 bits per heavy atom. The van der Waals surface area contributed by atoms with Crippen molar-refractivity contribution < 1.29 is 74.0 Å². The van der Waals surface area contributed by atoms with E-state index < -0.39 is 36.4 Å². The summed E-state index contributed by atoms with van der Waals surface area (Å²) in [5.74, 6) is -7.61. The van der Waals surface area contributed by atoms with Crippen molar-refractivity contribution in [2.75, 3.05) is 46.4 Å². The zero-order chi connectivity index (χ0) is 36.9. The van der Waals surface area contributed by atoms with Crippen molar-refractivity contribution in [3.05, 3.63) is 65.5 Å². The second-order valence-corrected chi connectivity index (χ2v) is 10.6. The minimum absolute atomic E-state index is 0.283. The van der Waals surface area contributed by atoms with Gasteiger partial charge in [-0.25, -0.2) is 14.4 Å². The minimum atomic E-state index is -5.08. The quantitative estimate of drug-likeness (QED) is 0.351. The van der Waals surface area contributed by atoms with Crippen molar-refractivity contribution in [1.29, 1.82) is 0 Å². The van der Waals surface area contributed by atoms with Crippen LogP contribution in [0, 0.1) is 12.8 Å². The van der Waals surface area contributed by atoms with Crippen LogP contribution in [0.25, 0.3) is 0 Å². The molecule has 4 rings (SSSR count). The minimum Gasteiger partial charge on any atom is -0.475 e. The van der Waals surface area contributed by atoms with Crippen LogP contribution in [0.15, 0.2) is 48.5 Å². The van der Waals surface area contributed by atoms with Gasteiger partial charge in [0.1, 0.15) is 0 Å². The van der Waals surface area contributed by atoms with Crippen LogP contribution < -0.4 is 0 Å². The van der Waals surface area contributed by atoms with Crippen molar-refractivity contribution in [2.45, 2.75) is 43.8 Å². The standard InChI is InChI=1S/C23H31N3O.3C2HF3O2/c1-19-7-6-10-22(24-19)17-25-12-11-23(20-8-4-3-5-9-20)18-26(13-14-27-2)16-21(23)15-25;3*3-2(4,5)1(6)7/h3-10,21H,11-18H2,1-2H3;3*(H,6,7). The van der Waals surface area contributed by atoms with E-state index in [-0.39, 0.29) is 5.41 Å². The van der Waals surface area contributed by atoms with Crippen molar-refractivity contribution in [1.82, 2.24) is 14.8 Å². The summed E-state index contributed by atoms with van der Waals surface area (Å²) < 4.78 is 101. The zero-order valence-corrected chi connectivity index (χ0v) is 25.6. The van der Waals surface area contributed by atoms with Gasteiger partial charge < -0.3 is 20.1 Å². The first kappa shape index (κ1) is 42.1. The van der Waals surface area contributed by atoms with Gasteiger partial charge in [0.05, 0.1) is 12.3 Å². The summed E-state index contributed by atoms with van der Waals surface area (Å²) in [7, 11) is 1.80. The number of benzene rings is 1. The van der Waals surface area contributed by atoms with Gasteiger partial charge >= 0.3 is 36.4 Å². The van der Waals surface area contributed by atoms with Crippen LogP contribution in [0.2, 0.25) is 0 Å². The third kappa shape index (κ3) is 14.0. The maximum atomic E-state index is 10.6. The monoisotopic (exact) mass is 707 g/mol. The van der Waals surface area contributed by atoms with Gasteiger partial charge in [-0.05, 0) is 43.5 Å². The molecule has 3 N–H and O–H groups in total.